The molecule has 27 heavy (non-hydrogen) atoms. The fourth-order valence-corrected chi connectivity index (χ4v) is 3.88. The molecule has 1 saturated heterocycles. The molecular formula is C20H32N6S. The molecule has 1 aromatic carbocycles. The number of aliphatic imine (C=N–C) groups is 1. The maximum absolute atomic E-state index is 6.42. The van der Waals surface area contributed by atoms with Gasteiger partial charge in [0.25, 0.3) is 0 Å². The van der Waals surface area contributed by atoms with Crippen molar-refractivity contribution in [2.24, 2.45) is 10.7 Å². The van der Waals surface area contributed by atoms with E-state index in [-0.39, 0.29) is 0 Å². The molecule has 3 rings (SSSR count). The van der Waals surface area contributed by atoms with Gasteiger partial charge < -0.3 is 21.7 Å². The average molecular weight is 389 g/mol. The Morgan fingerprint density at radius 1 is 1.19 bits per heavy atom. The predicted molar refractivity (Wildman–Crippen MR) is 119 cm³/mol. The van der Waals surface area contributed by atoms with Gasteiger partial charge in [0.05, 0.1) is 17.9 Å². The molecule has 1 aromatic rings. The Morgan fingerprint density at radius 3 is 2.63 bits per heavy atom. The first-order valence-corrected chi connectivity index (χ1v) is 10.5. The predicted octanol–water partition coefficient (Wildman–Crippen LogP) is 2.14. The van der Waals surface area contributed by atoms with Gasteiger partial charge in [0.15, 0.2) is 0 Å². The summed E-state index contributed by atoms with van der Waals surface area (Å²) in [5.41, 5.74) is 17.2. The minimum Gasteiger partial charge on any atom is -0.399 e. The van der Waals surface area contributed by atoms with Gasteiger partial charge in [-0.2, -0.15) is 12.6 Å². The van der Waals surface area contributed by atoms with E-state index in [4.69, 9.17) is 11.5 Å². The van der Waals surface area contributed by atoms with Crippen LogP contribution < -0.4 is 21.7 Å². The van der Waals surface area contributed by atoms with Crippen LogP contribution in [0.25, 0.3) is 5.70 Å². The van der Waals surface area contributed by atoms with Crippen LogP contribution in [0.5, 0.6) is 0 Å². The van der Waals surface area contributed by atoms with Crippen LogP contribution in [0.4, 0.5) is 11.4 Å². The Morgan fingerprint density at radius 2 is 1.96 bits per heavy atom. The van der Waals surface area contributed by atoms with Crippen molar-refractivity contribution in [3.8, 4) is 0 Å². The van der Waals surface area contributed by atoms with Gasteiger partial charge in [0, 0.05) is 61.8 Å². The van der Waals surface area contributed by atoms with Crippen molar-refractivity contribution in [3.05, 3.63) is 29.5 Å². The lowest BCUT2D eigenvalue weighted by Crippen LogP contribution is -2.47. The highest BCUT2D eigenvalue weighted by Crippen LogP contribution is 2.28. The van der Waals surface area contributed by atoms with E-state index < -0.39 is 0 Å². The van der Waals surface area contributed by atoms with E-state index in [1.807, 2.05) is 0 Å². The van der Waals surface area contributed by atoms with E-state index in [0.717, 1.165) is 86.2 Å². The first-order chi connectivity index (χ1) is 13.1. The van der Waals surface area contributed by atoms with Gasteiger partial charge in [0.1, 0.15) is 5.84 Å². The molecule has 2 heterocycles. The number of hydrogen-bond acceptors (Lipinski definition) is 7. The molecule has 0 atom stereocenters. The Balaban J connectivity index is 1.70. The summed E-state index contributed by atoms with van der Waals surface area (Å²) in [6, 6.07) is 6.31. The Hall–Kier alpha value is -1.86. The van der Waals surface area contributed by atoms with Crippen molar-refractivity contribution in [2.75, 3.05) is 55.7 Å². The molecule has 2 aliphatic rings. The lowest BCUT2D eigenvalue weighted by Gasteiger charge is -2.36. The third kappa shape index (κ3) is 4.90. The highest BCUT2D eigenvalue weighted by molar-refractivity contribution is 7.80. The van der Waals surface area contributed by atoms with Gasteiger partial charge in [-0.3, -0.25) is 9.89 Å². The minimum absolute atomic E-state index is 0.537. The molecule has 0 saturated carbocycles. The summed E-state index contributed by atoms with van der Waals surface area (Å²) in [5, 5.41) is 3.41. The van der Waals surface area contributed by atoms with Crippen LogP contribution in [-0.2, 0) is 0 Å². The van der Waals surface area contributed by atoms with Gasteiger partial charge >= 0.3 is 0 Å². The van der Waals surface area contributed by atoms with Crippen molar-refractivity contribution in [1.29, 1.82) is 0 Å². The molecule has 0 radical (unpaired) electrons. The maximum Gasteiger partial charge on any atom is 0.101 e. The number of nitrogens with one attached hydrogen (secondary N) is 1. The first kappa shape index (κ1) is 19.9. The van der Waals surface area contributed by atoms with Gasteiger partial charge in [-0.25, -0.2) is 0 Å². The number of hydrogen-bond donors (Lipinski definition) is 4. The monoisotopic (exact) mass is 388 g/mol. The highest BCUT2D eigenvalue weighted by atomic mass is 32.1. The summed E-state index contributed by atoms with van der Waals surface area (Å²) in [7, 11) is 0. The van der Waals surface area contributed by atoms with Crippen molar-refractivity contribution in [2.45, 2.75) is 26.2 Å². The third-order valence-corrected chi connectivity index (χ3v) is 5.46. The largest absolute Gasteiger partial charge is 0.399 e. The summed E-state index contributed by atoms with van der Waals surface area (Å²) in [6.45, 7) is 7.95. The number of amidine groups is 1. The molecule has 0 aliphatic carbocycles. The highest BCUT2D eigenvalue weighted by Gasteiger charge is 2.20. The van der Waals surface area contributed by atoms with Gasteiger partial charge in [0.2, 0.25) is 0 Å². The van der Waals surface area contributed by atoms with Crippen molar-refractivity contribution in [1.82, 2.24) is 10.2 Å². The smallest absolute Gasteiger partial charge is 0.101 e. The molecule has 148 valence electrons. The molecule has 0 aromatic heterocycles. The number of anilines is 2. The number of nitrogen functional groups attached to an aromatic ring is 1. The Labute approximate surface area is 168 Å². The standard InChI is InChI=1S/C20H32N6S/c1-2-3-4-19-23-14-18(22)20(24-19)16-6-5-15(13-17(16)21)26-9-7-25(8-10-26)11-12-27/h5-6,13,27H,2-4,7-12,14,21-22H2,1H3,(H,23,24). The second-order valence-electron chi connectivity index (χ2n) is 7.22. The fraction of sp³-hybridized carbons (Fsp3) is 0.550. The summed E-state index contributed by atoms with van der Waals surface area (Å²) in [4.78, 5) is 9.38. The third-order valence-electron chi connectivity index (χ3n) is 5.26. The number of unbranched alkanes of at least 4 members (excludes halogenated alkanes) is 1. The number of piperazine rings is 1. The minimum atomic E-state index is 0.537. The van der Waals surface area contributed by atoms with Crippen molar-refractivity contribution >= 4 is 35.5 Å². The van der Waals surface area contributed by atoms with Crippen LogP contribution >= 0.6 is 12.6 Å². The summed E-state index contributed by atoms with van der Waals surface area (Å²) < 4.78 is 0. The Bertz CT molecular complexity index is 706. The molecule has 0 spiro atoms. The molecule has 6 nitrogen and oxygen atoms in total. The van der Waals surface area contributed by atoms with Crippen LogP contribution in [0.1, 0.15) is 31.7 Å². The van der Waals surface area contributed by atoms with E-state index in [0.29, 0.717) is 6.54 Å². The van der Waals surface area contributed by atoms with Crippen LogP contribution in [-0.4, -0.2) is 55.8 Å². The SMILES string of the molecule is CCCCC1=NCC(N)=C(c2ccc(N3CCN(CCS)CC3)cc2N)N1. The number of benzene rings is 1. The number of thiol groups is 1. The lowest BCUT2D eigenvalue weighted by molar-refractivity contribution is 0.273. The Kier molecular flexibility index (Phi) is 6.90. The number of rotatable bonds is 7. The van der Waals surface area contributed by atoms with Crippen molar-refractivity contribution < 1.29 is 0 Å². The van der Waals surface area contributed by atoms with Crippen LogP contribution in [0.3, 0.4) is 0 Å². The topological polar surface area (TPSA) is 82.9 Å². The van der Waals surface area contributed by atoms with Crippen LogP contribution in [0.2, 0.25) is 0 Å². The molecule has 0 bridgehead atoms. The van der Waals surface area contributed by atoms with E-state index in [9.17, 15) is 0 Å². The summed E-state index contributed by atoms with van der Waals surface area (Å²) in [5.74, 6) is 1.92. The van der Waals surface area contributed by atoms with Crippen LogP contribution in [0, 0.1) is 0 Å². The molecule has 0 unspecified atom stereocenters. The van der Waals surface area contributed by atoms with E-state index in [2.05, 4.69) is 57.9 Å². The van der Waals surface area contributed by atoms with Gasteiger partial charge in [-0.1, -0.05) is 13.3 Å². The van der Waals surface area contributed by atoms with Gasteiger partial charge in [-0.15, -0.1) is 0 Å². The summed E-state index contributed by atoms with van der Waals surface area (Å²) >= 11 is 4.33. The number of nitrogens with two attached hydrogens (primary N) is 2. The van der Waals surface area contributed by atoms with E-state index >= 15 is 0 Å². The normalized spacial score (nSPS) is 18.4. The average Bonchev–Trinajstić information content (AvgIpc) is 2.68. The van der Waals surface area contributed by atoms with E-state index in [1.165, 1.54) is 5.69 Å². The van der Waals surface area contributed by atoms with Crippen molar-refractivity contribution in [3.63, 3.8) is 0 Å². The molecule has 1 fully saturated rings. The molecule has 5 N–H and O–H groups in total. The number of nitrogens with zero attached hydrogens (tertiary/aromatic N) is 3. The first-order valence-electron chi connectivity index (χ1n) is 9.89. The molecule has 7 heteroatoms. The molecule has 2 aliphatic heterocycles. The quantitative estimate of drug-likeness (QED) is 0.425. The van der Waals surface area contributed by atoms with Gasteiger partial charge in [-0.05, 0) is 24.6 Å². The molecular weight excluding hydrogens is 356 g/mol. The second-order valence-corrected chi connectivity index (χ2v) is 7.66. The zero-order valence-corrected chi connectivity index (χ0v) is 17.1. The second kappa shape index (κ2) is 9.37. The van der Waals surface area contributed by atoms with E-state index in [1.54, 1.807) is 0 Å². The molecule has 0 amide bonds. The van der Waals surface area contributed by atoms with Crippen LogP contribution in [0.15, 0.2) is 28.9 Å². The lowest BCUT2D eigenvalue weighted by atomic mass is 10.0. The zero-order chi connectivity index (χ0) is 19.2. The maximum atomic E-state index is 6.42. The summed E-state index contributed by atoms with van der Waals surface area (Å²) in [6.07, 6.45) is 3.21. The zero-order valence-electron chi connectivity index (χ0n) is 16.2. The fourth-order valence-electron chi connectivity index (χ4n) is 3.60.